The molecule has 2 unspecified atom stereocenters. The van der Waals surface area contributed by atoms with Gasteiger partial charge in [-0.1, -0.05) is 6.92 Å². The molecule has 6 N–H and O–H groups in total. The SMILES string of the molecule is CCC(O)CCNc1c(N)cnn1CCCC(O)CO. The number of anilines is 2. The highest BCUT2D eigenvalue weighted by Gasteiger charge is 2.09. The average Bonchev–Trinajstić information content (AvgIpc) is 2.79. The Morgan fingerprint density at radius 2 is 2.10 bits per heavy atom. The predicted octanol–water partition coefficient (Wildman–Crippen LogP) is 0.172. The second-order valence-electron chi connectivity index (χ2n) is 4.93. The van der Waals surface area contributed by atoms with Crippen molar-refractivity contribution in [3.63, 3.8) is 0 Å². The lowest BCUT2D eigenvalue weighted by Gasteiger charge is -2.13. The Morgan fingerprint density at radius 1 is 1.35 bits per heavy atom. The summed E-state index contributed by atoms with van der Waals surface area (Å²) in [7, 11) is 0. The molecule has 0 amide bonds. The lowest BCUT2D eigenvalue weighted by atomic mass is 10.2. The number of nitrogens with zero attached hydrogens (tertiary/aromatic N) is 2. The molecule has 0 radical (unpaired) electrons. The summed E-state index contributed by atoms with van der Waals surface area (Å²) in [5.74, 6) is 0.742. The van der Waals surface area contributed by atoms with Crippen LogP contribution in [0.25, 0.3) is 0 Å². The van der Waals surface area contributed by atoms with Gasteiger partial charge in [0.1, 0.15) is 5.82 Å². The number of nitrogens with two attached hydrogens (primary N) is 1. The summed E-state index contributed by atoms with van der Waals surface area (Å²) in [6.45, 7) is 2.97. The van der Waals surface area contributed by atoms with Gasteiger partial charge >= 0.3 is 0 Å². The zero-order chi connectivity index (χ0) is 15.0. The number of aliphatic hydroxyl groups is 3. The van der Waals surface area contributed by atoms with Crippen LogP contribution in [0.2, 0.25) is 0 Å². The fourth-order valence-corrected chi connectivity index (χ4v) is 1.89. The minimum absolute atomic E-state index is 0.221. The molecular weight excluding hydrogens is 260 g/mol. The predicted molar refractivity (Wildman–Crippen MR) is 78.4 cm³/mol. The van der Waals surface area contributed by atoms with E-state index in [4.69, 9.17) is 10.8 Å². The van der Waals surface area contributed by atoms with Gasteiger partial charge in [-0.3, -0.25) is 0 Å². The van der Waals surface area contributed by atoms with Crippen molar-refractivity contribution in [2.24, 2.45) is 0 Å². The molecule has 2 atom stereocenters. The number of aromatic nitrogens is 2. The highest BCUT2D eigenvalue weighted by atomic mass is 16.3. The van der Waals surface area contributed by atoms with E-state index in [1.165, 1.54) is 0 Å². The van der Waals surface area contributed by atoms with Crippen LogP contribution in [0.4, 0.5) is 11.5 Å². The van der Waals surface area contributed by atoms with Gasteiger partial charge in [-0.05, 0) is 25.7 Å². The molecule has 1 aromatic rings. The Kier molecular flexibility index (Phi) is 7.35. The van der Waals surface area contributed by atoms with Crippen LogP contribution < -0.4 is 11.1 Å². The lowest BCUT2D eigenvalue weighted by molar-refractivity contribution is 0.0854. The Labute approximate surface area is 119 Å². The number of aliphatic hydroxyl groups excluding tert-OH is 3. The molecule has 1 rings (SSSR count). The molecule has 116 valence electrons. The fraction of sp³-hybridized carbons (Fsp3) is 0.769. The molecule has 0 fully saturated rings. The van der Waals surface area contributed by atoms with Gasteiger partial charge in [0.2, 0.25) is 0 Å². The van der Waals surface area contributed by atoms with Crippen LogP contribution in [0.5, 0.6) is 0 Å². The van der Waals surface area contributed by atoms with Gasteiger partial charge in [-0.25, -0.2) is 4.68 Å². The first-order valence-electron chi connectivity index (χ1n) is 7.10. The number of nitrogen functional groups attached to an aromatic ring is 1. The largest absolute Gasteiger partial charge is 0.394 e. The second-order valence-corrected chi connectivity index (χ2v) is 4.93. The van der Waals surface area contributed by atoms with E-state index in [9.17, 15) is 10.2 Å². The van der Waals surface area contributed by atoms with Crippen molar-refractivity contribution in [2.75, 3.05) is 24.2 Å². The van der Waals surface area contributed by atoms with Crippen LogP contribution in [0.15, 0.2) is 6.20 Å². The third-order valence-electron chi connectivity index (χ3n) is 3.23. The molecule has 0 saturated carbocycles. The average molecular weight is 286 g/mol. The van der Waals surface area contributed by atoms with Gasteiger partial charge in [0, 0.05) is 13.1 Å². The molecule has 0 saturated heterocycles. The molecule has 0 bridgehead atoms. The van der Waals surface area contributed by atoms with E-state index >= 15 is 0 Å². The van der Waals surface area contributed by atoms with E-state index in [1.54, 1.807) is 10.9 Å². The van der Waals surface area contributed by atoms with Crippen LogP contribution in [0.3, 0.4) is 0 Å². The van der Waals surface area contributed by atoms with Crippen molar-refractivity contribution in [1.29, 1.82) is 0 Å². The van der Waals surface area contributed by atoms with E-state index < -0.39 is 6.10 Å². The molecule has 0 aliphatic heterocycles. The highest BCUT2D eigenvalue weighted by Crippen LogP contribution is 2.18. The van der Waals surface area contributed by atoms with E-state index in [-0.39, 0.29) is 12.7 Å². The van der Waals surface area contributed by atoms with Crippen LogP contribution in [0.1, 0.15) is 32.6 Å². The summed E-state index contributed by atoms with van der Waals surface area (Å²) in [5, 5.41) is 34.9. The first kappa shape index (κ1) is 16.7. The van der Waals surface area contributed by atoms with E-state index in [2.05, 4.69) is 10.4 Å². The van der Waals surface area contributed by atoms with Crippen molar-refractivity contribution in [3.8, 4) is 0 Å². The van der Waals surface area contributed by atoms with Crippen LogP contribution in [-0.4, -0.2) is 50.5 Å². The zero-order valence-electron chi connectivity index (χ0n) is 12.0. The Balaban J connectivity index is 2.43. The van der Waals surface area contributed by atoms with Crippen molar-refractivity contribution < 1.29 is 15.3 Å². The topological polar surface area (TPSA) is 117 Å². The maximum absolute atomic E-state index is 9.51. The third kappa shape index (κ3) is 5.36. The van der Waals surface area contributed by atoms with Crippen molar-refractivity contribution >= 4 is 11.5 Å². The molecule has 0 aliphatic carbocycles. The standard InChI is InChI=1S/C13H26N4O3/c1-2-10(19)5-6-15-13-12(14)8-16-17(13)7-3-4-11(20)9-18/h8,10-11,15,18-20H,2-7,9,14H2,1H3. The monoisotopic (exact) mass is 286 g/mol. The van der Waals surface area contributed by atoms with E-state index in [0.717, 1.165) is 12.2 Å². The number of aryl methyl sites for hydroxylation is 1. The summed E-state index contributed by atoms with van der Waals surface area (Å²) in [6, 6.07) is 0. The minimum Gasteiger partial charge on any atom is -0.394 e. The lowest BCUT2D eigenvalue weighted by Crippen LogP contribution is -2.17. The molecular formula is C13H26N4O3. The maximum Gasteiger partial charge on any atom is 0.147 e. The van der Waals surface area contributed by atoms with E-state index in [0.29, 0.717) is 38.0 Å². The maximum atomic E-state index is 9.51. The van der Waals surface area contributed by atoms with Gasteiger partial charge < -0.3 is 26.4 Å². The molecule has 0 spiro atoms. The number of nitrogens with one attached hydrogen (secondary N) is 1. The van der Waals surface area contributed by atoms with Gasteiger partial charge in [-0.2, -0.15) is 5.10 Å². The van der Waals surface area contributed by atoms with E-state index in [1.807, 2.05) is 6.92 Å². The smallest absolute Gasteiger partial charge is 0.147 e. The van der Waals surface area contributed by atoms with Crippen molar-refractivity contribution in [2.45, 2.75) is 51.4 Å². The zero-order valence-corrected chi connectivity index (χ0v) is 12.0. The van der Waals surface area contributed by atoms with Gasteiger partial charge in [0.25, 0.3) is 0 Å². The van der Waals surface area contributed by atoms with Gasteiger partial charge in [0.05, 0.1) is 30.7 Å². The van der Waals surface area contributed by atoms with Crippen LogP contribution >= 0.6 is 0 Å². The Morgan fingerprint density at radius 3 is 2.75 bits per heavy atom. The van der Waals surface area contributed by atoms with Crippen molar-refractivity contribution in [3.05, 3.63) is 6.20 Å². The first-order valence-corrected chi connectivity index (χ1v) is 7.10. The molecule has 1 aromatic heterocycles. The third-order valence-corrected chi connectivity index (χ3v) is 3.23. The fourth-order valence-electron chi connectivity index (χ4n) is 1.89. The van der Waals surface area contributed by atoms with Crippen molar-refractivity contribution in [1.82, 2.24) is 9.78 Å². The quantitative estimate of drug-likeness (QED) is 0.419. The van der Waals surface area contributed by atoms with Crippen LogP contribution in [-0.2, 0) is 6.54 Å². The summed E-state index contributed by atoms with van der Waals surface area (Å²) >= 11 is 0. The number of hydrogen-bond acceptors (Lipinski definition) is 6. The minimum atomic E-state index is -0.681. The normalized spacial score (nSPS) is 14.2. The van der Waals surface area contributed by atoms with Gasteiger partial charge in [-0.15, -0.1) is 0 Å². The molecule has 0 aromatic carbocycles. The van der Waals surface area contributed by atoms with Crippen LogP contribution in [0, 0.1) is 0 Å². The first-order chi connectivity index (χ1) is 9.58. The summed E-state index contributed by atoms with van der Waals surface area (Å²) in [5.41, 5.74) is 6.42. The Bertz CT molecular complexity index is 384. The van der Waals surface area contributed by atoms with Gasteiger partial charge in [0.15, 0.2) is 0 Å². The highest BCUT2D eigenvalue weighted by molar-refractivity contribution is 5.60. The Hall–Kier alpha value is -1.31. The second kappa shape index (κ2) is 8.78. The number of rotatable bonds is 10. The summed E-state index contributed by atoms with van der Waals surface area (Å²) < 4.78 is 1.75. The molecule has 20 heavy (non-hydrogen) atoms. The summed E-state index contributed by atoms with van der Waals surface area (Å²) in [4.78, 5) is 0. The molecule has 0 aliphatic rings. The summed E-state index contributed by atoms with van der Waals surface area (Å²) in [6.07, 6.45) is 3.21. The molecule has 1 heterocycles. The molecule has 7 heteroatoms. The number of hydrogen-bond donors (Lipinski definition) is 5. The molecule has 7 nitrogen and oxygen atoms in total.